The molecule has 0 aliphatic rings. The highest BCUT2D eigenvalue weighted by Crippen LogP contribution is 2.24. The predicted molar refractivity (Wildman–Crippen MR) is 109 cm³/mol. The number of hydrogen-bond donors (Lipinski definition) is 1. The van der Waals surface area contributed by atoms with Gasteiger partial charge in [-0.3, -0.25) is 14.0 Å². The summed E-state index contributed by atoms with van der Waals surface area (Å²) in [6.45, 7) is 3.85. The molecular weight excluding hydrogens is 376 g/mol. The molecule has 0 spiro atoms. The van der Waals surface area contributed by atoms with Crippen LogP contribution in [0.5, 0.6) is 0 Å². The minimum Gasteiger partial charge on any atom is -0.469 e. The van der Waals surface area contributed by atoms with Crippen LogP contribution in [0.4, 0.5) is 0 Å². The van der Waals surface area contributed by atoms with E-state index in [1.54, 1.807) is 17.6 Å². The predicted octanol–water partition coefficient (Wildman–Crippen LogP) is 3.00. The maximum atomic E-state index is 12.9. The van der Waals surface area contributed by atoms with E-state index in [2.05, 4.69) is 10.4 Å². The molecule has 0 aromatic carbocycles. The molecule has 7 nitrogen and oxygen atoms in total. The number of aromatic nitrogens is 3. The van der Waals surface area contributed by atoms with Crippen LogP contribution in [0.15, 0.2) is 45.1 Å². The molecule has 4 rings (SSSR count). The fraction of sp³-hybridized carbons (Fsp3) is 0.350. The van der Waals surface area contributed by atoms with Gasteiger partial charge in [-0.1, -0.05) is 6.92 Å². The van der Waals surface area contributed by atoms with Crippen molar-refractivity contribution in [1.29, 1.82) is 0 Å². The highest BCUT2D eigenvalue weighted by atomic mass is 32.1. The number of amides is 1. The molecule has 0 radical (unpaired) electrons. The Morgan fingerprint density at radius 1 is 1.39 bits per heavy atom. The fourth-order valence-electron chi connectivity index (χ4n) is 3.38. The van der Waals surface area contributed by atoms with Crippen molar-refractivity contribution in [2.24, 2.45) is 0 Å². The van der Waals surface area contributed by atoms with Crippen LogP contribution in [0, 0.1) is 0 Å². The number of hydrogen-bond acceptors (Lipinski definition) is 5. The van der Waals surface area contributed by atoms with Crippen molar-refractivity contribution >= 4 is 33.0 Å². The van der Waals surface area contributed by atoms with Gasteiger partial charge in [-0.15, -0.1) is 11.3 Å². The largest absolute Gasteiger partial charge is 0.469 e. The molecule has 0 saturated heterocycles. The van der Waals surface area contributed by atoms with Gasteiger partial charge < -0.3 is 9.73 Å². The zero-order valence-electron chi connectivity index (χ0n) is 15.8. The van der Waals surface area contributed by atoms with Crippen LogP contribution >= 0.6 is 11.3 Å². The molecule has 8 heteroatoms. The van der Waals surface area contributed by atoms with E-state index in [0.717, 1.165) is 34.6 Å². The maximum absolute atomic E-state index is 12.9. The molecule has 0 aliphatic heterocycles. The summed E-state index contributed by atoms with van der Waals surface area (Å²) in [4.78, 5) is 26.3. The van der Waals surface area contributed by atoms with Crippen molar-refractivity contribution in [3.8, 4) is 0 Å². The first-order valence-corrected chi connectivity index (χ1v) is 10.2. The van der Waals surface area contributed by atoms with E-state index in [1.807, 2.05) is 47.9 Å². The van der Waals surface area contributed by atoms with Gasteiger partial charge in [0.1, 0.15) is 28.5 Å². The minimum atomic E-state index is -0.251. The molecule has 0 saturated carbocycles. The summed E-state index contributed by atoms with van der Waals surface area (Å²) in [5.74, 6) is 1.44. The average molecular weight is 398 g/mol. The number of nitrogens with one attached hydrogen (secondary N) is 1. The number of furan rings is 1. The van der Waals surface area contributed by atoms with Crippen LogP contribution in [0.3, 0.4) is 0 Å². The number of nitrogens with zero attached hydrogens (tertiary/aromatic N) is 3. The SMILES string of the molecule is CCc1nn(CC(=O)N[C@@H](C)CCc2ccco2)c(=O)c2cc3ccsc3n12. The van der Waals surface area contributed by atoms with Crippen molar-refractivity contribution in [1.82, 2.24) is 19.5 Å². The molecule has 4 aromatic rings. The molecule has 0 unspecified atom stereocenters. The van der Waals surface area contributed by atoms with E-state index in [-0.39, 0.29) is 24.1 Å². The lowest BCUT2D eigenvalue weighted by atomic mass is 10.1. The maximum Gasteiger partial charge on any atom is 0.291 e. The highest BCUT2D eigenvalue weighted by molar-refractivity contribution is 7.16. The van der Waals surface area contributed by atoms with Gasteiger partial charge in [0.15, 0.2) is 0 Å². The van der Waals surface area contributed by atoms with E-state index in [9.17, 15) is 9.59 Å². The second-order valence-corrected chi connectivity index (χ2v) is 7.76. The van der Waals surface area contributed by atoms with Crippen LogP contribution in [0.2, 0.25) is 0 Å². The summed E-state index contributed by atoms with van der Waals surface area (Å²) in [6.07, 6.45) is 3.82. The molecule has 146 valence electrons. The Morgan fingerprint density at radius 2 is 2.25 bits per heavy atom. The van der Waals surface area contributed by atoms with Gasteiger partial charge >= 0.3 is 0 Å². The monoisotopic (exact) mass is 398 g/mol. The van der Waals surface area contributed by atoms with Crippen LogP contribution in [0.25, 0.3) is 15.7 Å². The summed E-state index contributed by atoms with van der Waals surface area (Å²) in [5, 5.41) is 10.4. The number of carbonyl (C=O) groups is 1. The van der Waals surface area contributed by atoms with Gasteiger partial charge in [-0.2, -0.15) is 5.10 Å². The van der Waals surface area contributed by atoms with Crippen molar-refractivity contribution in [3.05, 3.63) is 57.8 Å². The third-order valence-corrected chi connectivity index (χ3v) is 5.69. The molecular formula is C20H22N4O3S. The second-order valence-electron chi connectivity index (χ2n) is 6.87. The van der Waals surface area contributed by atoms with E-state index in [1.165, 1.54) is 4.68 Å². The number of thiophene rings is 1. The van der Waals surface area contributed by atoms with E-state index < -0.39 is 0 Å². The Hall–Kier alpha value is -2.87. The normalized spacial score (nSPS) is 12.6. The van der Waals surface area contributed by atoms with Crippen molar-refractivity contribution in [3.63, 3.8) is 0 Å². The summed E-state index contributed by atoms with van der Waals surface area (Å²) in [5.41, 5.74) is 0.311. The average Bonchev–Trinajstić information content (AvgIpc) is 3.39. The summed E-state index contributed by atoms with van der Waals surface area (Å²) >= 11 is 1.58. The molecule has 1 amide bonds. The van der Waals surface area contributed by atoms with E-state index >= 15 is 0 Å². The zero-order valence-corrected chi connectivity index (χ0v) is 16.7. The Balaban J connectivity index is 1.51. The lowest BCUT2D eigenvalue weighted by molar-refractivity contribution is -0.122. The van der Waals surface area contributed by atoms with Crippen molar-refractivity contribution in [2.45, 2.75) is 45.7 Å². The standard InChI is InChI=1S/C20H22N4O3S/c1-3-17-22-23(19(26)16-11-14-8-10-28-20(14)24(16)17)12-18(25)21-13(2)6-7-15-5-4-9-27-15/h4-5,8-11,13H,3,6-7,12H2,1-2H3,(H,21,25)/t13-/m0/s1. The Labute approximate surface area is 165 Å². The molecule has 1 atom stereocenters. The first kappa shape index (κ1) is 18.5. The number of fused-ring (bicyclic) bond motifs is 3. The molecule has 0 aliphatic carbocycles. The number of rotatable bonds is 7. The van der Waals surface area contributed by atoms with Gasteiger partial charge in [0.2, 0.25) is 5.91 Å². The van der Waals surface area contributed by atoms with Crippen LogP contribution < -0.4 is 10.9 Å². The lowest BCUT2D eigenvalue weighted by Gasteiger charge is -2.14. The van der Waals surface area contributed by atoms with Gasteiger partial charge in [-0.25, -0.2) is 4.68 Å². The Bertz CT molecular complexity index is 1170. The molecule has 4 heterocycles. The minimum absolute atomic E-state index is 0.0266. The van der Waals surface area contributed by atoms with E-state index in [4.69, 9.17) is 4.42 Å². The molecule has 1 N–H and O–H groups in total. The Kier molecular flexibility index (Phi) is 5.04. The topological polar surface area (TPSA) is 81.5 Å². The third-order valence-electron chi connectivity index (χ3n) is 4.78. The lowest BCUT2D eigenvalue weighted by Crippen LogP contribution is -2.39. The van der Waals surface area contributed by atoms with Gasteiger partial charge in [0.25, 0.3) is 5.56 Å². The molecule has 0 fully saturated rings. The zero-order chi connectivity index (χ0) is 19.7. The first-order chi connectivity index (χ1) is 13.6. The molecule has 28 heavy (non-hydrogen) atoms. The highest BCUT2D eigenvalue weighted by Gasteiger charge is 2.16. The van der Waals surface area contributed by atoms with Crippen LogP contribution in [-0.4, -0.2) is 26.1 Å². The van der Waals surface area contributed by atoms with Gasteiger partial charge in [0, 0.05) is 24.3 Å². The summed E-state index contributed by atoms with van der Waals surface area (Å²) in [7, 11) is 0. The van der Waals surface area contributed by atoms with E-state index in [0.29, 0.717) is 11.9 Å². The summed E-state index contributed by atoms with van der Waals surface area (Å²) < 4.78 is 8.49. The fourth-order valence-corrected chi connectivity index (χ4v) is 4.29. The van der Waals surface area contributed by atoms with Crippen LogP contribution in [-0.2, 0) is 24.2 Å². The number of aryl methyl sites for hydroxylation is 2. The van der Waals surface area contributed by atoms with Gasteiger partial charge in [-0.05, 0) is 43.0 Å². The smallest absolute Gasteiger partial charge is 0.291 e. The number of carbonyl (C=O) groups excluding carboxylic acids is 1. The second kappa shape index (κ2) is 7.63. The summed E-state index contributed by atoms with van der Waals surface area (Å²) in [6, 6.07) is 7.60. The first-order valence-electron chi connectivity index (χ1n) is 9.37. The molecule has 0 bridgehead atoms. The quantitative estimate of drug-likeness (QED) is 0.519. The van der Waals surface area contributed by atoms with Crippen molar-refractivity contribution < 1.29 is 9.21 Å². The third kappa shape index (κ3) is 3.47. The van der Waals surface area contributed by atoms with Crippen LogP contribution in [0.1, 0.15) is 31.9 Å². The molecule has 4 aromatic heterocycles. The Morgan fingerprint density at radius 3 is 3.00 bits per heavy atom. The van der Waals surface area contributed by atoms with Crippen molar-refractivity contribution in [2.75, 3.05) is 0 Å². The van der Waals surface area contributed by atoms with Gasteiger partial charge in [0.05, 0.1) is 6.26 Å².